The van der Waals surface area contributed by atoms with Crippen molar-refractivity contribution in [2.45, 2.75) is 45.5 Å². The van der Waals surface area contributed by atoms with E-state index >= 15 is 0 Å². The van der Waals surface area contributed by atoms with Crippen molar-refractivity contribution in [2.24, 2.45) is 0 Å². The topological polar surface area (TPSA) is 18.5 Å². The molecule has 0 saturated carbocycles. The predicted octanol–water partition coefficient (Wildman–Crippen LogP) is 4.98. The summed E-state index contributed by atoms with van der Waals surface area (Å²) in [6.45, 7) is 2.07. The Balaban J connectivity index is 2.80. The highest BCUT2D eigenvalue weighted by Gasteiger charge is 2.29. The lowest BCUT2D eigenvalue weighted by molar-refractivity contribution is -0.0457. The molecule has 7 heteroatoms. The second kappa shape index (κ2) is 7.15. The largest absolute Gasteiger partial charge is 0.487 e. The molecule has 0 aliphatic heterocycles. The summed E-state index contributed by atoms with van der Waals surface area (Å²) in [6, 6.07) is 2.32. The SMILES string of the molecule is CCC(F)(F)COc1ccc(OCC(F)(F)CC)c(F)c1C. The Kier molecular flexibility index (Phi) is 6.02. The second-order valence-corrected chi connectivity index (χ2v) is 5.00. The molecule has 0 spiro atoms. The van der Waals surface area contributed by atoms with Gasteiger partial charge in [0.1, 0.15) is 5.75 Å². The van der Waals surface area contributed by atoms with Crippen molar-refractivity contribution in [3.63, 3.8) is 0 Å². The van der Waals surface area contributed by atoms with E-state index in [9.17, 15) is 22.0 Å². The average Bonchev–Trinajstić information content (AvgIpc) is 2.48. The second-order valence-electron chi connectivity index (χ2n) is 5.00. The van der Waals surface area contributed by atoms with Crippen molar-refractivity contribution in [3.05, 3.63) is 23.5 Å². The van der Waals surface area contributed by atoms with Crippen molar-refractivity contribution < 1.29 is 31.4 Å². The van der Waals surface area contributed by atoms with Crippen LogP contribution in [-0.4, -0.2) is 25.1 Å². The molecular formula is C15H19F5O2. The first-order chi connectivity index (χ1) is 10.1. The van der Waals surface area contributed by atoms with E-state index in [4.69, 9.17) is 9.47 Å². The summed E-state index contributed by atoms with van der Waals surface area (Å²) in [5.41, 5.74) is -0.0655. The Morgan fingerprint density at radius 2 is 1.27 bits per heavy atom. The van der Waals surface area contributed by atoms with Crippen molar-refractivity contribution in [2.75, 3.05) is 13.2 Å². The van der Waals surface area contributed by atoms with Crippen LogP contribution in [0.15, 0.2) is 12.1 Å². The molecule has 0 aromatic heterocycles. The van der Waals surface area contributed by atoms with Crippen LogP contribution in [-0.2, 0) is 0 Å². The Morgan fingerprint density at radius 1 is 0.864 bits per heavy atom. The maximum absolute atomic E-state index is 14.0. The molecule has 22 heavy (non-hydrogen) atoms. The highest BCUT2D eigenvalue weighted by molar-refractivity contribution is 5.41. The third-order valence-corrected chi connectivity index (χ3v) is 3.21. The molecule has 0 heterocycles. The van der Waals surface area contributed by atoms with Crippen LogP contribution in [0, 0.1) is 12.7 Å². The molecule has 126 valence electrons. The molecule has 0 bridgehead atoms. The first-order valence-electron chi connectivity index (χ1n) is 6.92. The molecule has 0 saturated heterocycles. The number of hydrogen-bond acceptors (Lipinski definition) is 2. The number of alkyl halides is 4. The zero-order chi connectivity index (χ0) is 17.0. The smallest absolute Gasteiger partial charge is 0.281 e. The van der Waals surface area contributed by atoms with Gasteiger partial charge in [0.05, 0.1) is 0 Å². The molecule has 1 rings (SSSR count). The zero-order valence-corrected chi connectivity index (χ0v) is 12.7. The first kappa shape index (κ1) is 18.5. The third kappa shape index (κ3) is 5.03. The monoisotopic (exact) mass is 326 g/mol. The summed E-state index contributed by atoms with van der Waals surface area (Å²) >= 11 is 0. The van der Waals surface area contributed by atoms with Gasteiger partial charge in [-0.1, -0.05) is 13.8 Å². The van der Waals surface area contributed by atoms with Crippen molar-refractivity contribution in [3.8, 4) is 11.5 Å². The normalized spacial score (nSPS) is 12.4. The van der Waals surface area contributed by atoms with Gasteiger partial charge in [0.15, 0.2) is 24.8 Å². The van der Waals surface area contributed by atoms with E-state index in [-0.39, 0.29) is 17.1 Å². The average molecular weight is 326 g/mol. The molecule has 0 unspecified atom stereocenters. The summed E-state index contributed by atoms with van der Waals surface area (Å²) in [5.74, 6) is -7.40. The maximum atomic E-state index is 14.0. The van der Waals surface area contributed by atoms with Gasteiger partial charge in [-0.3, -0.25) is 0 Å². The lowest BCUT2D eigenvalue weighted by Crippen LogP contribution is -2.25. The first-order valence-corrected chi connectivity index (χ1v) is 6.92. The minimum absolute atomic E-state index is 0.0655. The standard InChI is InChI=1S/C15H19F5O2/c1-4-14(17,18)8-21-11-6-7-12(13(16)10(11)3)22-9-15(19,20)5-2/h6-7H,4-5,8-9H2,1-3H3. The molecule has 1 aromatic carbocycles. The molecule has 0 N–H and O–H groups in total. The van der Waals surface area contributed by atoms with E-state index in [0.717, 1.165) is 6.07 Å². The Morgan fingerprint density at radius 3 is 1.73 bits per heavy atom. The highest BCUT2D eigenvalue weighted by atomic mass is 19.3. The van der Waals surface area contributed by atoms with Gasteiger partial charge in [-0.15, -0.1) is 0 Å². The van der Waals surface area contributed by atoms with Gasteiger partial charge in [-0.2, -0.15) is 0 Å². The summed E-state index contributed by atoms with van der Waals surface area (Å²) in [5, 5.41) is 0. The minimum Gasteiger partial charge on any atom is -0.487 e. The fourth-order valence-electron chi connectivity index (χ4n) is 1.48. The van der Waals surface area contributed by atoms with Crippen LogP contribution < -0.4 is 9.47 Å². The Bertz CT molecular complexity index is 458. The van der Waals surface area contributed by atoms with E-state index in [1.54, 1.807) is 0 Å². The number of ether oxygens (including phenoxy) is 2. The van der Waals surface area contributed by atoms with Crippen LogP contribution in [0.3, 0.4) is 0 Å². The quantitative estimate of drug-likeness (QED) is 0.627. The van der Waals surface area contributed by atoms with Crippen LogP contribution in [0.5, 0.6) is 11.5 Å². The molecule has 0 fully saturated rings. The van der Waals surface area contributed by atoms with Crippen molar-refractivity contribution >= 4 is 0 Å². The van der Waals surface area contributed by atoms with E-state index in [0.29, 0.717) is 0 Å². The molecular weight excluding hydrogens is 307 g/mol. The van der Waals surface area contributed by atoms with Gasteiger partial charge in [0, 0.05) is 18.4 Å². The Hall–Kier alpha value is -1.53. The van der Waals surface area contributed by atoms with E-state index in [1.165, 1.54) is 26.8 Å². The van der Waals surface area contributed by atoms with Crippen LogP contribution in [0.4, 0.5) is 22.0 Å². The fourth-order valence-corrected chi connectivity index (χ4v) is 1.48. The van der Waals surface area contributed by atoms with Gasteiger partial charge in [-0.05, 0) is 19.1 Å². The minimum atomic E-state index is -3.06. The lowest BCUT2D eigenvalue weighted by atomic mass is 10.2. The molecule has 0 aliphatic rings. The van der Waals surface area contributed by atoms with E-state index < -0.39 is 43.7 Å². The molecule has 0 radical (unpaired) electrons. The Labute approximate surface area is 126 Å². The fraction of sp³-hybridized carbons (Fsp3) is 0.600. The maximum Gasteiger partial charge on any atom is 0.281 e. The van der Waals surface area contributed by atoms with Crippen LogP contribution in [0.25, 0.3) is 0 Å². The molecule has 0 atom stereocenters. The molecule has 0 amide bonds. The number of rotatable bonds is 8. The van der Waals surface area contributed by atoms with Gasteiger partial charge in [-0.25, -0.2) is 22.0 Å². The van der Waals surface area contributed by atoms with Crippen molar-refractivity contribution in [1.29, 1.82) is 0 Å². The van der Waals surface area contributed by atoms with Gasteiger partial charge < -0.3 is 9.47 Å². The van der Waals surface area contributed by atoms with Crippen LogP contribution in [0.2, 0.25) is 0 Å². The summed E-state index contributed by atoms with van der Waals surface area (Å²) < 4.78 is 76.1. The van der Waals surface area contributed by atoms with Crippen LogP contribution >= 0.6 is 0 Å². The van der Waals surface area contributed by atoms with E-state index in [2.05, 4.69) is 0 Å². The zero-order valence-electron chi connectivity index (χ0n) is 12.7. The summed E-state index contributed by atoms with van der Waals surface area (Å²) in [4.78, 5) is 0. The van der Waals surface area contributed by atoms with E-state index in [1.807, 2.05) is 0 Å². The summed E-state index contributed by atoms with van der Waals surface area (Å²) in [7, 11) is 0. The van der Waals surface area contributed by atoms with Gasteiger partial charge in [0.25, 0.3) is 11.8 Å². The number of hydrogen-bond donors (Lipinski definition) is 0. The predicted molar refractivity (Wildman–Crippen MR) is 72.6 cm³/mol. The molecule has 2 nitrogen and oxygen atoms in total. The summed E-state index contributed by atoms with van der Waals surface area (Å²) in [6.07, 6.45) is -0.831. The highest BCUT2D eigenvalue weighted by Crippen LogP contribution is 2.31. The van der Waals surface area contributed by atoms with Crippen LogP contribution in [0.1, 0.15) is 32.3 Å². The molecule has 1 aromatic rings. The third-order valence-electron chi connectivity index (χ3n) is 3.21. The molecule has 0 aliphatic carbocycles. The lowest BCUT2D eigenvalue weighted by Gasteiger charge is -2.18. The van der Waals surface area contributed by atoms with Gasteiger partial charge in [0.2, 0.25) is 0 Å². The van der Waals surface area contributed by atoms with Crippen molar-refractivity contribution in [1.82, 2.24) is 0 Å². The van der Waals surface area contributed by atoms with Gasteiger partial charge >= 0.3 is 0 Å². The number of halogens is 5. The number of benzene rings is 1.